The molecule has 1 aliphatic rings. The third-order valence-corrected chi connectivity index (χ3v) is 3.84. The van der Waals surface area contributed by atoms with Gasteiger partial charge >= 0.3 is 0 Å². The first-order valence-corrected chi connectivity index (χ1v) is 7.68. The Hall–Kier alpha value is -1.50. The minimum Gasteiger partial charge on any atom is -0.496 e. The predicted molar refractivity (Wildman–Crippen MR) is 83.2 cm³/mol. The molecule has 1 fully saturated rings. The molecule has 3 heteroatoms. The Morgan fingerprint density at radius 1 is 1.29 bits per heavy atom. The highest BCUT2D eigenvalue weighted by molar-refractivity contribution is 5.44. The molecule has 1 aliphatic carbocycles. The quantitative estimate of drug-likeness (QED) is 0.817. The number of ether oxygens (including phenoxy) is 2. The summed E-state index contributed by atoms with van der Waals surface area (Å²) in [6, 6.07) is 5.87. The van der Waals surface area contributed by atoms with Gasteiger partial charge in [0.2, 0.25) is 0 Å². The zero-order chi connectivity index (χ0) is 14.9. The van der Waals surface area contributed by atoms with E-state index in [9.17, 15) is 0 Å². The van der Waals surface area contributed by atoms with Crippen LogP contribution in [-0.4, -0.2) is 25.4 Å². The normalized spacial score (nSPS) is 14.8. The molecule has 0 heterocycles. The fourth-order valence-electron chi connectivity index (χ4n) is 2.70. The van der Waals surface area contributed by atoms with E-state index in [0.29, 0.717) is 13.0 Å². The standard InChI is InChI=1S/C18H24O3/c1-20-18-10-9-15(6-4-5-11-19)12-17(18)14-21-13-16-7-2-3-8-16/h9-10,12,16,19H,2-3,5,7-8,11,13-14H2,1H3. The minimum absolute atomic E-state index is 0.0977. The molecule has 2 rings (SSSR count). The first-order valence-electron chi connectivity index (χ1n) is 7.68. The van der Waals surface area contributed by atoms with Crippen LogP contribution in [0.4, 0.5) is 0 Å². The minimum atomic E-state index is 0.0977. The second-order valence-electron chi connectivity index (χ2n) is 5.47. The zero-order valence-corrected chi connectivity index (χ0v) is 12.7. The Morgan fingerprint density at radius 3 is 2.81 bits per heavy atom. The van der Waals surface area contributed by atoms with Crippen LogP contribution in [0.5, 0.6) is 5.75 Å². The van der Waals surface area contributed by atoms with Crippen LogP contribution in [0.3, 0.4) is 0 Å². The van der Waals surface area contributed by atoms with Gasteiger partial charge in [-0.15, -0.1) is 0 Å². The van der Waals surface area contributed by atoms with Gasteiger partial charge in [0.15, 0.2) is 0 Å². The van der Waals surface area contributed by atoms with Crippen molar-refractivity contribution < 1.29 is 14.6 Å². The van der Waals surface area contributed by atoms with Crippen LogP contribution >= 0.6 is 0 Å². The summed E-state index contributed by atoms with van der Waals surface area (Å²) in [5.41, 5.74) is 1.97. The number of aliphatic hydroxyl groups excluding tert-OH is 1. The summed E-state index contributed by atoms with van der Waals surface area (Å²) in [5.74, 6) is 7.55. The van der Waals surface area contributed by atoms with Crippen molar-refractivity contribution in [2.75, 3.05) is 20.3 Å². The third kappa shape index (κ3) is 5.08. The molecule has 114 valence electrons. The van der Waals surface area contributed by atoms with E-state index in [1.807, 2.05) is 18.2 Å². The molecule has 0 atom stereocenters. The maximum Gasteiger partial charge on any atom is 0.124 e. The average molecular weight is 288 g/mol. The van der Waals surface area contributed by atoms with Gasteiger partial charge in [-0.3, -0.25) is 0 Å². The van der Waals surface area contributed by atoms with Gasteiger partial charge in [0.05, 0.1) is 20.3 Å². The summed E-state index contributed by atoms with van der Waals surface area (Å²) in [6.07, 6.45) is 5.77. The van der Waals surface area contributed by atoms with Crippen molar-refractivity contribution in [3.05, 3.63) is 29.3 Å². The van der Waals surface area contributed by atoms with Crippen molar-refractivity contribution in [2.24, 2.45) is 5.92 Å². The van der Waals surface area contributed by atoms with Crippen LogP contribution in [0, 0.1) is 17.8 Å². The van der Waals surface area contributed by atoms with E-state index in [1.54, 1.807) is 7.11 Å². The summed E-state index contributed by atoms with van der Waals surface area (Å²) in [5, 5.41) is 8.76. The monoisotopic (exact) mass is 288 g/mol. The lowest BCUT2D eigenvalue weighted by Gasteiger charge is -2.12. The molecule has 3 nitrogen and oxygen atoms in total. The van der Waals surface area contributed by atoms with Crippen molar-refractivity contribution in [2.45, 2.75) is 38.7 Å². The smallest absolute Gasteiger partial charge is 0.124 e. The Labute approximate surface area is 127 Å². The van der Waals surface area contributed by atoms with Gasteiger partial charge in [-0.2, -0.15) is 0 Å². The SMILES string of the molecule is COc1ccc(C#CCCO)cc1COCC1CCCC1. The van der Waals surface area contributed by atoms with Crippen LogP contribution in [0.25, 0.3) is 0 Å². The molecule has 1 aromatic rings. The second-order valence-corrected chi connectivity index (χ2v) is 5.47. The molecule has 0 saturated heterocycles. The Balaban J connectivity index is 1.95. The Bertz CT molecular complexity index is 493. The van der Waals surface area contributed by atoms with Crippen molar-refractivity contribution >= 4 is 0 Å². The Kier molecular flexibility index (Phi) is 6.59. The van der Waals surface area contributed by atoms with E-state index in [-0.39, 0.29) is 6.61 Å². The highest BCUT2D eigenvalue weighted by Gasteiger charge is 2.15. The number of hydrogen-bond donors (Lipinski definition) is 1. The van der Waals surface area contributed by atoms with Crippen molar-refractivity contribution in [1.82, 2.24) is 0 Å². The molecule has 0 unspecified atom stereocenters. The van der Waals surface area contributed by atoms with Crippen LogP contribution in [0.1, 0.15) is 43.2 Å². The van der Waals surface area contributed by atoms with Gasteiger partial charge in [-0.1, -0.05) is 24.7 Å². The van der Waals surface area contributed by atoms with E-state index in [4.69, 9.17) is 14.6 Å². The summed E-state index contributed by atoms with van der Waals surface area (Å²) >= 11 is 0. The molecule has 1 aromatic carbocycles. The molecule has 0 aromatic heterocycles. The highest BCUT2D eigenvalue weighted by atomic mass is 16.5. The van der Waals surface area contributed by atoms with Gasteiger partial charge < -0.3 is 14.6 Å². The number of hydrogen-bond acceptors (Lipinski definition) is 3. The molecular formula is C18H24O3. The maximum absolute atomic E-state index is 8.76. The van der Waals surface area contributed by atoms with Crippen molar-refractivity contribution in [3.63, 3.8) is 0 Å². The fourth-order valence-corrected chi connectivity index (χ4v) is 2.70. The summed E-state index contributed by atoms with van der Waals surface area (Å²) in [7, 11) is 1.67. The van der Waals surface area contributed by atoms with Crippen LogP contribution in [0.2, 0.25) is 0 Å². The van der Waals surface area contributed by atoms with Gasteiger partial charge in [0, 0.05) is 24.2 Å². The van der Waals surface area contributed by atoms with E-state index < -0.39 is 0 Å². The summed E-state index contributed by atoms with van der Waals surface area (Å²) in [6.45, 7) is 1.50. The van der Waals surface area contributed by atoms with E-state index >= 15 is 0 Å². The predicted octanol–water partition coefficient (Wildman–Crippen LogP) is 3.14. The number of methoxy groups -OCH3 is 1. The third-order valence-electron chi connectivity index (χ3n) is 3.84. The number of benzene rings is 1. The number of rotatable bonds is 6. The first kappa shape index (κ1) is 15.9. The molecular weight excluding hydrogens is 264 g/mol. The lowest BCUT2D eigenvalue weighted by molar-refractivity contribution is 0.0874. The average Bonchev–Trinajstić information content (AvgIpc) is 3.01. The Morgan fingerprint density at radius 2 is 2.10 bits per heavy atom. The molecule has 0 aliphatic heterocycles. The molecule has 0 radical (unpaired) electrons. The van der Waals surface area contributed by atoms with Crippen LogP contribution in [0.15, 0.2) is 18.2 Å². The second kappa shape index (κ2) is 8.71. The molecule has 0 spiro atoms. The molecule has 1 N–H and O–H groups in total. The van der Waals surface area contributed by atoms with E-state index in [2.05, 4.69) is 11.8 Å². The lowest BCUT2D eigenvalue weighted by Crippen LogP contribution is -2.06. The van der Waals surface area contributed by atoms with E-state index in [0.717, 1.165) is 29.4 Å². The largest absolute Gasteiger partial charge is 0.496 e. The van der Waals surface area contributed by atoms with Gasteiger partial charge in [-0.05, 0) is 37.0 Å². The molecule has 1 saturated carbocycles. The zero-order valence-electron chi connectivity index (χ0n) is 12.7. The molecule has 0 amide bonds. The van der Waals surface area contributed by atoms with Gasteiger partial charge in [0.1, 0.15) is 5.75 Å². The fraction of sp³-hybridized carbons (Fsp3) is 0.556. The number of aliphatic hydroxyl groups is 1. The van der Waals surface area contributed by atoms with Crippen LogP contribution < -0.4 is 4.74 Å². The molecule has 21 heavy (non-hydrogen) atoms. The first-order chi connectivity index (χ1) is 10.3. The highest BCUT2D eigenvalue weighted by Crippen LogP contribution is 2.26. The van der Waals surface area contributed by atoms with Gasteiger partial charge in [0.25, 0.3) is 0 Å². The molecule has 0 bridgehead atoms. The summed E-state index contributed by atoms with van der Waals surface area (Å²) < 4.78 is 11.2. The van der Waals surface area contributed by atoms with Crippen molar-refractivity contribution in [3.8, 4) is 17.6 Å². The topological polar surface area (TPSA) is 38.7 Å². The van der Waals surface area contributed by atoms with Crippen molar-refractivity contribution in [1.29, 1.82) is 0 Å². The maximum atomic E-state index is 8.76. The van der Waals surface area contributed by atoms with Crippen LogP contribution in [-0.2, 0) is 11.3 Å². The van der Waals surface area contributed by atoms with Gasteiger partial charge in [-0.25, -0.2) is 0 Å². The van der Waals surface area contributed by atoms with E-state index in [1.165, 1.54) is 25.7 Å². The summed E-state index contributed by atoms with van der Waals surface area (Å²) in [4.78, 5) is 0. The lowest BCUT2D eigenvalue weighted by atomic mass is 10.1.